The number of nitrogens with two attached hydrogens (primary N) is 1. The van der Waals surface area contributed by atoms with E-state index in [2.05, 4.69) is 9.71 Å². The Balaban J connectivity index is 2.22. The number of hydrogen-bond donors (Lipinski definition) is 2. The van der Waals surface area contributed by atoms with Gasteiger partial charge in [-0.15, -0.1) is 0 Å². The van der Waals surface area contributed by atoms with Crippen LogP contribution in [0.2, 0.25) is 0 Å². The van der Waals surface area contributed by atoms with Gasteiger partial charge in [0.2, 0.25) is 0 Å². The molecule has 0 aliphatic heterocycles. The highest BCUT2D eigenvalue weighted by atomic mass is 32.2. The number of benzene rings is 1. The van der Waals surface area contributed by atoms with Crippen LogP contribution in [0.1, 0.15) is 5.56 Å². The van der Waals surface area contributed by atoms with Crippen molar-refractivity contribution in [1.29, 1.82) is 0 Å². The highest BCUT2D eigenvalue weighted by Crippen LogP contribution is 2.16. The van der Waals surface area contributed by atoms with Crippen molar-refractivity contribution in [1.82, 2.24) is 14.3 Å². The molecule has 1 aromatic heterocycles. The molecule has 0 spiro atoms. The van der Waals surface area contributed by atoms with Gasteiger partial charge in [-0.05, 0) is 6.07 Å². The Bertz CT molecular complexity index is 677. The Morgan fingerprint density at radius 2 is 2.11 bits per heavy atom. The lowest BCUT2D eigenvalue weighted by Gasteiger charge is -2.08. The van der Waals surface area contributed by atoms with Gasteiger partial charge >= 0.3 is 0 Å². The van der Waals surface area contributed by atoms with E-state index in [0.29, 0.717) is 0 Å². The van der Waals surface area contributed by atoms with Gasteiger partial charge < -0.3 is 10.3 Å². The third-order valence-electron chi connectivity index (χ3n) is 2.57. The van der Waals surface area contributed by atoms with Crippen molar-refractivity contribution in [2.45, 2.75) is 11.6 Å². The van der Waals surface area contributed by atoms with Gasteiger partial charge in [0.25, 0.3) is 10.0 Å². The van der Waals surface area contributed by atoms with Gasteiger partial charge in [-0.3, -0.25) is 0 Å². The molecule has 3 N–H and O–H groups in total. The minimum atomic E-state index is -3.83. The summed E-state index contributed by atoms with van der Waals surface area (Å²) in [5.41, 5.74) is 5.76. The van der Waals surface area contributed by atoms with E-state index in [1.807, 2.05) is 0 Å². The number of hydrogen-bond acceptors (Lipinski definition) is 4. The van der Waals surface area contributed by atoms with Gasteiger partial charge in [0.15, 0.2) is 10.8 Å². The topological polar surface area (TPSA) is 90.0 Å². The number of sulfonamides is 1. The molecule has 0 aliphatic carbocycles. The van der Waals surface area contributed by atoms with Crippen LogP contribution in [-0.2, 0) is 23.6 Å². The third-order valence-corrected chi connectivity index (χ3v) is 4.11. The van der Waals surface area contributed by atoms with E-state index in [0.717, 1.165) is 0 Å². The average molecular weight is 284 g/mol. The molecule has 2 rings (SSSR count). The SMILES string of the molecule is Cn1cnc(N)c1S(=O)(=O)NCc1ccccc1F. The van der Waals surface area contributed by atoms with Gasteiger partial charge in [-0.25, -0.2) is 22.5 Å². The molecule has 0 radical (unpaired) electrons. The maximum absolute atomic E-state index is 13.4. The first-order valence-corrected chi connectivity index (χ1v) is 6.90. The largest absolute Gasteiger partial charge is 0.381 e. The smallest absolute Gasteiger partial charge is 0.260 e. The highest BCUT2D eigenvalue weighted by Gasteiger charge is 2.22. The quantitative estimate of drug-likeness (QED) is 0.861. The van der Waals surface area contributed by atoms with Crippen LogP contribution in [0, 0.1) is 5.82 Å². The minimum Gasteiger partial charge on any atom is -0.381 e. The van der Waals surface area contributed by atoms with Crippen molar-refractivity contribution in [2.24, 2.45) is 7.05 Å². The van der Waals surface area contributed by atoms with Gasteiger partial charge in [-0.2, -0.15) is 0 Å². The lowest BCUT2D eigenvalue weighted by atomic mass is 10.2. The van der Waals surface area contributed by atoms with Gasteiger partial charge in [0, 0.05) is 19.2 Å². The second-order valence-corrected chi connectivity index (χ2v) is 5.64. The maximum Gasteiger partial charge on any atom is 0.260 e. The van der Waals surface area contributed by atoms with E-state index in [1.54, 1.807) is 6.07 Å². The summed E-state index contributed by atoms with van der Waals surface area (Å²) in [6, 6.07) is 5.93. The van der Waals surface area contributed by atoms with E-state index in [1.165, 1.54) is 36.1 Å². The Hall–Kier alpha value is -1.93. The number of aromatic nitrogens is 2. The standard InChI is InChI=1S/C11H13FN4O2S/c1-16-7-14-10(13)11(16)19(17,18)15-6-8-4-2-3-5-9(8)12/h2-5,7,15H,6,13H2,1H3. The number of nitrogens with zero attached hydrogens (tertiary/aromatic N) is 2. The van der Waals surface area contributed by atoms with Crippen LogP contribution in [0.4, 0.5) is 10.2 Å². The molecule has 0 saturated heterocycles. The third kappa shape index (κ3) is 2.74. The van der Waals surface area contributed by atoms with Crippen LogP contribution < -0.4 is 10.5 Å². The molecule has 0 fully saturated rings. The first kappa shape index (κ1) is 13.5. The number of nitrogen functional groups attached to an aromatic ring is 1. The zero-order valence-electron chi connectivity index (χ0n) is 10.2. The van der Waals surface area contributed by atoms with E-state index in [9.17, 15) is 12.8 Å². The van der Waals surface area contributed by atoms with Crippen LogP contribution >= 0.6 is 0 Å². The molecule has 0 bridgehead atoms. The summed E-state index contributed by atoms with van der Waals surface area (Å²) < 4.78 is 41.1. The number of halogens is 1. The molecule has 6 nitrogen and oxygen atoms in total. The highest BCUT2D eigenvalue weighted by molar-refractivity contribution is 7.89. The Morgan fingerprint density at radius 3 is 2.68 bits per heavy atom. The van der Waals surface area contributed by atoms with Crippen molar-refractivity contribution < 1.29 is 12.8 Å². The molecule has 102 valence electrons. The zero-order valence-corrected chi connectivity index (χ0v) is 11.0. The fourth-order valence-corrected chi connectivity index (χ4v) is 2.88. The normalized spacial score (nSPS) is 11.7. The molecule has 8 heteroatoms. The second kappa shape index (κ2) is 4.98. The second-order valence-electron chi connectivity index (χ2n) is 3.96. The number of imidazole rings is 1. The van der Waals surface area contributed by atoms with Crippen molar-refractivity contribution in [3.63, 3.8) is 0 Å². The fraction of sp³-hybridized carbons (Fsp3) is 0.182. The van der Waals surface area contributed by atoms with Gasteiger partial charge in [0.05, 0.1) is 6.33 Å². The molecule has 0 aliphatic rings. The van der Waals surface area contributed by atoms with Gasteiger partial charge in [-0.1, -0.05) is 18.2 Å². The van der Waals surface area contributed by atoms with E-state index < -0.39 is 15.8 Å². The minimum absolute atomic E-state index is 0.0940. The lowest BCUT2D eigenvalue weighted by Crippen LogP contribution is -2.26. The molecule has 0 unspecified atom stereocenters. The number of aryl methyl sites for hydroxylation is 1. The Kier molecular flexibility index (Phi) is 3.54. The summed E-state index contributed by atoms with van der Waals surface area (Å²) in [6.07, 6.45) is 1.30. The van der Waals surface area contributed by atoms with E-state index >= 15 is 0 Å². The summed E-state index contributed by atoms with van der Waals surface area (Å²) in [4.78, 5) is 3.70. The molecule has 0 amide bonds. The van der Waals surface area contributed by atoms with Crippen molar-refractivity contribution >= 4 is 15.8 Å². The number of rotatable bonds is 4. The van der Waals surface area contributed by atoms with Crippen molar-refractivity contribution in [3.8, 4) is 0 Å². The summed E-state index contributed by atoms with van der Waals surface area (Å²) in [5.74, 6) is -0.563. The van der Waals surface area contributed by atoms with Crippen LogP contribution in [-0.4, -0.2) is 18.0 Å². The summed E-state index contributed by atoms with van der Waals surface area (Å²) in [5, 5.41) is -0.135. The maximum atomic E-state index is 13.4. The molecule has 1 aromatic carbocycles. The summed E-state index contributed by atoms with van der Waals surface area (Å²) >= 11 is 0. The monoisotopic (exact) mass is 284 g/mol. The molecule has 2 aromatic rings. The predicted octanol–water partition coefficient (Wildman–Crippen LogP) is 0.620. The molecule has 19 heavy (non-hydrogen) atoms. The van der Waals surface area contributed by atoms with Crippen molar-refractivity contribution in [2.75, 3.05) is 5.73 Å². The summed E-state index contributed by atoms with van der Waals surface area (Å²) in [7, 11) is -2.32. The molecular weight excluding hydrogens is 271 g/mol. The Morgan fingerprint density at radius 1 is 1.42 bits per heavy atom. The van der Waals surface area contributed by atoms with Crippen molar-refractivity contribution in [3.05, 3.63) is 42.0 Å². The first-order chi connectivity index (χ1) is 8.92. The molecule has 1 heterocycles. The van der Waals surface area contributed by atoms with Gasteiger partial charge in [0.1, 0.15) is 5.82 Å². The predicted molar refractivity (Wildman–Crippen MR) is 68.0 cm³/mol. The van der Waals surface area contributed by atoms with E-state index in [-0.39, 0.29) is 23.0 Å². The van der Waals surface area contributed by atoms with Crippen LogP contribution in [0.3, 0.4) is 0 Å². The van der Waals surface area contributed by atoms with Crippen LogP contribution in [0.5, 0.6) is 0 Å². The van der Waals surface area contributed by atoms with Crippen LogP contribution in [0.25, 0.3) is 0 Å². The number of nitrogens with one attached hydrogen (secondary N) is 1. The van der Waals surface area contributed by atoms with E-state index in [4.69, 9.17) is 5.73 Å². The number of anilines is 1. The molecule has 0 atom stereocenters. The van der Waals surface area contributed by atoms with Crippen LogP contribution in [0.15, 0.2) is 35.6 Å². The fourth-order valence-electron chi connectivity index (χ4n) is 1.65. The first-order valence-electron chi connectivity index (χ1n) is 5.41. The molecular formula is C11H13FN4O2S. The summed E-state index contributed by atoms with van der Waals surface area (Å²) in [6.45, 7) is -0.153. The molecule has 0 saturated carbocycles. The lowest BCUT2D eigenvalue weighted by molar-refractivity contribution is 0.566. The average Bonchev–Trinajstić information content (AvgIpc) is 2.69. The zero-order chi connectivity index (χ0) is 14.0. The Labute approximate surface area is 110 Å².